The Bertz CT molecular complexity index is 568. The molecule has 2 aromatic rings. The van der Waals surface area contributed by atoms with E-state index in [9.17, 15) is 4.79 Å². The van der Waals surface area contributed by atoms with Crippen molar-refractivity contribution in [3.63, 3.8) is 0 Å². The maximum absolute atomic E-state index is 11.2. The van der Waals surface area contributed by atoms with Crippen LogP contribution in [0, 0.1) is 0 Å². The molecule has 0 radical (unpaired) electrons. The minimum absolute atomic E-state index is 0.309. The molecule has 0 bridgehead atoms. The van der Waals surface area contributed by atoms with E-state index in [1.54, 1.807) is 6.20 Å². The lowest BCUT2D eigenvalue weighted by Crippen LogP contribution is -2.17. The Hall–Kier alpha value is -1.75. The fourth-order valence-corrected chi connectivity index (χ4v) is 2.89. The van der Waals surface area contributed by atoms with Crippen LogP contribution in [0.3, 0.4) is 0 Å². The normalized spacial score (nSPS) is 12.2. The highest BCUT2D eigenvalue weighted by Gasteiger charge is 2.17. The number of hydrogen-bond acceptors (Lipinski definition) is 5. The van der Waals surface area contributed by atoms with Gasteiger partial charge in [0.25, 0.3) is 0 Å². The van der Waals surface area contributed by atoms with E-state index in [0.29, 0.717) is 12.5 Å². The summed E-state index contributed by atoms with van der Waals surface area (Å²) >= 11 is 1.45. The number of nitrogens with zero attached hydrogens (tertiary/aromatic N) is 3. The standard InChI is InChI=1S/C15H19N3OS/c1-4-11(2)14-13(10-19)20-15(17-14)18(3)9-12-7-5-6-8-16-12/h5-8,10-11H,4,9H2,1-3H3. The lowest BCUT2D eigenvalue weighted by Gasteiger charge is -2.15. The molecule has 0 amide bonds. The molecule has 1 unspecified atom stereocenters. The van der Waals surface area contributed by atoms with Gasteiger partial charge in [0.05, 0.1) is 22.8 Å². The zero-order chi connectivity index (χ0) is 14.5. The Kier molecular flexibility index (Phi) is 4.84. The number of pyridine rings is 1. The van der Waals surface area contributed by atoms with Gasteiger partial charge in [0.1, 0.15) is 0 Å². The number of hydrogen-bond donors (Lipinski definition) is 0. The molecule has 2 aromatic heterocycles. The van der Waals surface area contributed by atoms with Gasteiger partial charge < -0.3 is 4.90 Å². The van der Waals surface area contributed by atoms with Crippen LogP contribution in [0.4, 0.5) is 5.13 Å². The highest BCUT2D eigenvalue weighted by Crippen LogP contribution is 2.30. The highest BCUT2D eigenvalue weighted by atomic mass is 32.1. The molecule has 106 valence electrons. The minimum Gasteiger partial charge on any atom is -0.345 e. The molecule has 4 nitrogen and oxygen atoms in total. The van der Waals surface area contributed by atoms with Crippen LogP contribution in [0.1, 0.15) is 47.2 Å². The maximum Gasteiger partial charge on any atom is 0.186 e. The molecule has 0 fully saturated rings. The van der Waals surface area contributed by atoms with Gasteiger partial charge in [-0.05, 0) is 24.5 Å². The first-order valence-electron chi connectivity index (χ1n) is 6.72. The van der Waals surface area contributed by atoms with Crippen molar-refractivity contribution >= 4 is 22.8 Å². The number of aromatic nitrogens is 2. The van der Waals surface area contributed by atoms with E-state index in [1.165, 1.54) is 11.3 Å². The minimum atomic E-state index is 0.309. The third-order valence-corrected chi connectivity index (χ3v) is 4.42. The number of rotatable bonds is 6. The first kappa shape index (κ1) is 14.7. The van der Waals surface area contributed by atoms with E-state index in [1.807, 2.05) is 30.1 Å². The number of anilines is 1. The summed E-state index contributed by atoms with van der Waals surface area (Å²) in [6.07, 6.45) is 3.68. The number of carbonyl (C=O) groups is 1. The first-order chi connectivity index (χ1) is 9.65. The fourth-order valence-electron chi connectivity index (χ4n) is 1.93. The maximum atomic E-state index is 11.2. The van der Waals surface area contributed by atoms with Crippen molar-refractivity contribution in [3.8, 4) is 0 Å². The largest absolute Gasteiger partial charge is 0.345 e. The number of thiazole rings is 1. The number of aldehydes is 1. The molecule has 2 heterocycles. The zero-order valence-corrected chi connectivity index (χ0v) is 12.9. The lowest BCUT2D eigenvalue weighted by molar-refractivity contribution is 0.112. The average Bonchev–Trinajstić information content (AvgIpc) is 2.92. The Morgan fingerprint density at radius 3 is 2.85 bits per heavy atom. The molecule has 0 spiro atoms. The molecule has 20 heavy (non-hydrogen) atoms. The van der Waals surface area contributed by atoms with Crippen LogP contribution in [0.5, 0.6) is 0 Å². The number of carbonyl (C=O) groups excluding carboxylic acids is 1. The molecule has 0 aliphatic heterocycles. The van der Waals surface area contributed by atoms with Crippen molar-refractivity contribution < 1.29 is 4.79 Å². The van der Waals surface area contributed by atoms with Crippen molar-refractivity contribution in [2.75, 3.05) is 11.9 Å². The molecular formula is C15H19N3OS. The summed E-state index contributed by atoms with van der Waals surface area (Å²) in [7, 11) is 1.97. The van der Waals surface area contributed by atoms with Gasteiger partial charge in [0, 0.05) is 13.2 Å². The summed E-state index contributed by atoms with van der Waals surface area (Å²) < 4.78 is 0. The van der Waals surface area contributed by atoms with E-state index in [-0.39, 0.29) is 0 Å². The molecule has 1 atom stereocenters. The summed E-state index contributed by atoms with van der Waals surface area (Å²) in [6, 6.07) is 5.86. The summed E-state index contributed by atoms with van der Waals surface area (Å²) in [4.78, 5) is 22.9. The van der Waals surface area contributed by atoms with Crippen molar-refractivity contribution in [2.45, 2.75) is 32.7 Å². The monoisotopic (exact) mass is 289 g/mol. The Balaban J connectivity index is 2.20. The SMILES string of the molecule is CCC(C)c1nc(N(C)Cc2ccccn2)sc1C=O. The molecule has 2 rings (SSSR count). The van der Waals surface area contributed by atoms with E-state index < -0.39 is 0 Å². The van der Waals surface area contributed by atoms with E-state index in [0.717, 1.165) is 34.1 Å². The second-order valence-corrected chi connectivity index (χ2v) is 5.86. The average molecular weight is 289 g/mol. The Morgan fingerprint density at radius 1 is 1.45 bits per heavy atom. The van der Waals surface area contributed by atoms with Crippen LogP contribution in [-0.2, 0) is 6.54 Å². The van der Waals surface area contributed by atoms with Crippen LogP contribution >= 0.6 is 11.3 Å². The fraction of sp³-hybridized carbons (Fsp3) is 0.400. The zero-order valence-electron chi connectivity index (χ0n) is 12.0. The predicted molar refractivity (Wildman–Crippen MR) is 82.6 cm³/mol. The van der Waals surface area contributed by atoms with Crippen LogP contribution in [0.15, 0.2) is 24.4 Å². The van der Waals surface area contributed by atoms with Crippen LogP contribution in [-0.4, -0.2) is 23.3 Å². The molecule has 0 aliphatic rings. The highest BCUT2D eigenvalue weighted by molar-refractivity contribution is 7.17. The van der Waals surface area contributed by atoms with Crippen molar-refractivity contribution in [2.24, 2.45) is 0 Å². The van der Waals surface area contributed by atoms with E-state index in [2.05, 4.69) is 23.8 Å². The lowest BCUT2D eigenvalue weighted by atomic mass is 10.0. The van der Waals surface area contributed by atoms with Crippen molar-refractivity contribution in [1.82, 2.24) is 9.97 Å². The third-order valence-electron chi connectivity index (χ3n) is 3.31. The van der Waals surface area contributed by atoms with Gasteiger partial charge in [0.15, 0.2) is 11.4 Å². The summed E-state index contributed by atoms with van der Waals surface area (Å²) in [5, 5.41) is 0.869. The van der Waals surface area contributed by atoms with Crippen LogP contribution in [0.25, 0.3) is 0 Å². The topological polar surface area (TPSA) is 46.1 Å². The quantitative estimate of drug-likeness (QED) is 0.764. The van der Waals surface area contributed by atoms with E-state index >= 15 is 0 Å². The van der Waals surface area contributed by atoms with Gasteiger partial charge in [-0.25, -0.2) is 4.98 Å². The summed E-state index contributed by atoms with van der Waals surface area (Å²) in [5.74, 6) is 0.309. The van der Waals surface area contributed by atoms with Crippen molar-refractivity contribution in [1.29, 1.82) is 0 Å². The molecule has 0 saturated heterocycles. The molecular weight excluding hydrogens is 270 g/mol. The molecule has 0 aliphatic carbocycles. The molecule has 0 saturated carbocycles. The Morgan fingerprint density at radius 2 is 2.25 bits per heavy atom. The van der Waals surface area contributed by atoms with Gasteiger partial charge in [-0.3, -0.25) is 9.78 Å². The smallest absolute Gasteiger partial charge is 0.186 e. The van der Waals surface area contributed by atoms with Crippen LogP contribution < -0.4 is 4.90 Å². The third kappa shape index (κ3) is 3.22. The second kappa shape index (κ2) is 6.61. The van der Waals surface area contributed by atoms with Gasteiger partial charge in [0.2, 0.25) is 0 Å². The van der Waals surface area contributed by atoms with Gasteiger partial charge >= 0.3 is 0 Å². The predicted octanol–water partition coefficient (Wildman–Crippen LogP) is 3.50. The first-order valence-corrected chi connectivity index (χ1v) is 7.54. The summed E-state index contributed by atoms with van der Waals surface area (Å²) in [5.41, 5.74) is 1.90. The molecule has 0 aromatic carbocycles. The summed E-state index contributed by atoms with van der Waals surface area (Å²) in [6.45, 7) is 4.90. The molecule has 0 N–H and O–H groups in total. The molecule has 5 heteroatoms. The Labute approximate surface area is 123 Å². The van der Waals surface area contributed by atoms with Gasteiger partial charge in [-0.15, -0.1) is 0 Å². The van der Waals surface area contributed by atoms with Crippen LogP contribution in [0.2, 0.25) is 0 Å². The van der Waals surface area contributed by atoms with Gasteiger partial charge in [-0.1, -0.05) is 31.3 Å². The van der Waals surface area contributed by atoms with E-state index in [4.69, 9.17) is 0 Å². The van der Waals surface area contributed by atoms with Gasteiger partial charge in [-0.2, -0.15) is 0 Å². The van der Waals surface area contributed by atoms with Crippen molar-refractivity contribution in [3.05, 3.63) is 40.7 Å². The second-order valence-electron chi connectivity index (χ2n) is 4.85.